The first-order valence-corrected chi connectivity index (χ1v) is 9.36. The van der Waals surface area contributed by atoms with Gasteiger partial charge in [-0.3, -0.25) is 0 Å². The fourth-order valence-corrected chi connectivity index (χ4v) is 4.83. The van der Waals surface area contributed by atoms with E-state index < -0.39 is 9.84 Å². The van der Waals surface area contributed by atoms with Gasteiger partial charge in [-0.1, -0.05) is 18.2 Å². The minimum Gasteiger partial charge on any atom is -0.497 e. The van der Waals surface area contributed by atoms with Crippen LogP contribution in [0.2, 0.25) is 0 Å². The van der Waals surface area contributed by atoms with Gasteiger partial charge < -0.3 is 10.1 Å². The summed E-state index contributed by atoms with van der Waals surface area (Å²) in [7, 11) is -1.11. The van der Waals surface area contributed by atoms with Crippen molar-refractivity contribution in [3.8, 4) is 5.75 Å². The highest BCUT2D eigenvalue weighted by atomic mass is 32.2. The maximum atomic E-state index is 11.4. The summed E-state index contributed by atoms with van der Waals surface area (Å²) in [6.45, 7) is 1.53. The Balaban J connectivity index is 1.60. The van der Waals surface area contributed by atoms with Crippen LogP contribution in [0, 0.1) is 5.92 Å². The zero-order valence-electron chi connectivity index (χ0n) is 12.7. The highest BCUT2D eigenvalue weighted by Crippen LogP contribution is 2.22. The zero-order chi connectivity index (χ0) is 15.6. The van der Waals surface area contributed by atoms with Gasteiger partial charge in [-0.15, -0.1) is 0 Å². The second-order valence-corrected chi connectivity index (χ2v) is 8.18. The maximum Gasteiger partial charge on any atom is 0.150 e. The second-order valence-electron chi connectivity index (χ2n) is 5.95. The van der Waals surface area contributed by atoms with Crippen LogP contribution in [0.3, 0.4) is 0 Å². The number of hydrogen-bond acceptors (Lipinski definition) is 4. The molecule has 0 saturated carbocycles. The fourth-order valence-electron chi connectivity index (χ4n) is 2.96. The van der Waals surface area contributed by atoms with Gasteiger partial charge in [-0.05, 0) is 53.4 Å². The minimum atomic E-state index is -2.78. The van der Waals surface area contributed by atoms with Gasteiger partial charge in [-0.2, -0.15) is 0 Å². The summed E-state index contributed by atoms with van der Waals surface area (Å²) in [5, 5.41) is 5.72. The van der Waals surface area contributed by atoms with Gasteiger partial charge >= 0.3 is 0 Å². The predicted octanol–water partition coefficient (Wildman–Crippen LogP) is 2.37. The molecule has 1 N–H and O–H groups in total. The van der Waals surface area contributed by atoms with E-state index in [0.717, 1.165) is 30.6 Å². The van der Waals surface area contributed by atoms with E-state index in [1.165, 1.54) is 10.9 Å². The summed E-state index contributed by atoms with van der Waals surface area (Å²) < 4.78 is 28.1. The van der Waals surface area contributed by atoms with E-state index in [1.54, 1.807) is 7.11 Å². The van der Waals surface area contributed by atoms with Crippen molar-refractivity contribution in [3.63, 3.8) is 0 Å². The number of sulfone groups is 1. The lowest BCUT2D eigenvalue weighted by Gasteiger charge is -2.10. The van der Waals surface area contributed by atoms with Crippen LogP contribution in [-0.2, 0) is 16.4 Å². The van der Waals surface area contributed by atoms with Crippen LogP contribution < -0.4 is 10.1 Å². The summed E-state index contributed by atoms with van der Waals surface area (Å²) in [6, 6.07) is 12.4. The monoisotopic (exact) mass is 319 g/mol. The quantitative estimate of drug-likeness (QED) is 0.919. The molecule has 118 valence electrons. The molecule has 0 amide bonds. The molecule has 0 aromatic heterocycles. The maximum absolute atomic E-state index is 11.4. The molecule has 2 aromatic carbocycles. The first kappa shape index (κ1) is 15.3. The third-order valence-corrected chi connectivity index (χ3v) is 6.04. The van der Waals surface area contributed by atoms with Crippen LogP contribution >= 0.6 is 0 Å². The standard InChI is InChI=1S/C17H21NO3S/c1-21-17-5-4-15-8-13(2-3-16(15)9-17)10-18-11-14-6-7-22(19,20)12-14/h2-5,8-9,14,18H,6-7,10-12H2,1H3. The van der Waals surface area contributed by atoms with Crippen LogP contribution in [0.15, 0.2) is 36.4 Å². The van der Waals surface area contributed by atoms with Crippen LogP contribution in [0.4, 0.5) is 0 Å². The third-order valence-electron chi connectivity index (χ3n) is 4.20. The van der Waals surface area contributed by atoms with Crippen LogP contribution in [0.25, 0.3) is 10.8 Å². The third kappa shape index (κ3) is 3.59. The van der Waals surface area contributed by atoms with E-state index >= 15 is 0 Å². The van der Waals surface area contributed by atoms with Gasteiger partial charge in [0.15, 0.2) is 9.84 Å². The van der Waals surface area contributed by atoms with E-state index in [2.05, 4.69) is 29.6 Å². The zero-order valence-corrected chi connectivity index (χ0v) is 13.5. The largest absolute Gasteiger partial charge is 0.497 e. The second kappa shape index (κ2) is 6.26. The first-order valence-electron chi connectivity index (χ1n) is 7.53. The van der Waals surface area contributed by atoms with Crippen molar-refractivity contribution in [2.45, 2.75) is 13.0 Å². The lowest BCUT2D eigenvalue weighted by molar-refractivity contribution is 0.415. The summed E-state index contributed by atoms with van der Waals surface area (Å²) in [5.74, 6) is 1.80. The summed E-state index contributed by atoms with van der Waals surface area (Å²) in [4.78, 5) is 0. The number of ether oxygens (including phenoxy) is 1. The molecule has 0 spiro atoms. The van der Waals surface area contributed by atoms with Gasteiger partial charge in [0.25, 0.3) is 0 Å². The molecule has 1 heterocycles. The molecule has 1 saturated heterocycles. The van der Waals surface area contributed by atoms with Crippen LogP contribution in [-0.4, -0.2) is 33.6 Å². The molecule has 1 aliphatic rings. The smallest absolute Gasteiger partial charge is 0.150 e. The average molecular weight is 319 g/mol. The highest BCUT2D eigenvalue weighted by molar-refractivity contribution is 7.91. The molecule has 0 bridgehead atoms. The topological polar surface area (TPSA) is 55.4 Å². The van der Waals surface area contributed by atoms with Gasteiger partial charge in [-0.25, -0.2) is 8.42 Å². The van der Waals surface area contributed by atoms with Gasteiger partial charge in [0, 0.05) is 6.54 Å². The molecule has 22 heavy (non-hydrogen) atoms. The molecule has 3 rings (SSSR count). The molecule has 2 aromatic rings. The number of fused-ring (bicyclic) bond motifs is 1. The number of hydrogen-bond donors (Lipinski definition) is 1. The number of rotatable bonds is 5. The van der Waals surface area contributed by atoms with Crippen molar-refractivity contribution < 1.29 is 13.2 Å². The number of nitrogens with one attached hydrogen (secondary N) is 1. The van der Waals surface area contributed by atoms with Crippen molar-refractivity contribution in [1.82, 2.24) is 5.32 Å². The molecular formula is C17H21NO3S. The SMILES string of the molecule is COc1ccc2cc(CNCC3CCS(=O)(=O)C3)ccc2c1. The summed E-state index contributed by atoms with van der Waals surface area (Å²) in [6.07, 6.45) is 0.785. The molecule has 1 fully saturated rings. The Bertz CT molecular complexity index is 771. The predicted molar refractivity (Wildman–Crippen MR) is 89.0 cm³/mol. The minimum absolute atomic E-state index is 0.259. The van der Waals surface area contributed by atoms with Crippen LogP contribution in [0.5, 0.6) is 5.75 Å². The first-order chi connectivity index (χ1) is 10.6. The van der Waals surface area contributed by atoms with Crippen molar-refractivity contribution in [3.05, 3.63) is 42.0 Å². The molecule has 1 aliphatic heterocycles. The summed E-state index contributed by atoms with van der Waals surface area (Å²) >= 11 is 0. The Morgan fingerprint density at radius 1 is 1.18 bits per heavy atom. The average Bonchev–Trinajstić information content (AvgIpc) is 2.86. The van der Waals surface area contributed by atoms with E-state index in [0.29, 0.717) is 11.5 Å². The Morgan fingerprint density at radius 2 is 1.95 bits per heavy atom. The molecule has 0 radical (unpaired) electrons. The Morgan fingerprint density at radius 3 is 2.68 bits per heavy atom. The van der Waals surface area contributed by atoms with E-state index in [4.69, 9.17) is 4.74 Å². The molecule has 1 atom stereocenters. The molecule has 4 nitrogen and oxygen atoms in total. The Labute approximate surface area is 131 Å². The lowest BCUT2D eigenvalue weighted by atomic mass is 10.1. The van der Waals surface area contributed by atoms with E-state index in [-0.39, 0.29) is 5.92 Å². The van der Waals surface area contributed by atoms with Gasteiger partial charge in [0.1, 0.15) is 5.75 Å². The van der Waals surface area contributed by atoms with Crippen molar-refractivity contribution >= 4 is 20.6 Å². The highest BCUT2D eigenvalue weighted by Gasteiger charge is 2.27. The summed E-state index contributed by atoms with van der Waals surface area (Å²) in [5.41, 5.74) is 1.21. The van der Waals surface area contributed by atoms with Crippen LogP contribution in [0.1, 0.15) is 12.0 Å². The normalized spacial score (nSPS) is 20.3. The Kier molecular flexibility index (Phi) is 4.36. The van der Waals surface area contributed by atoms with E-state index in [1.807, 2.05) is 12.1 Å². The van der Waals surface area contributed by atoms with Crippen molar-refractivity contribution in [2.75, 3.05) is 25.2 Å². The van der Waals surface area contributed by atoms with Crippen molar-refractivity contribution in [1.29, 1.82) is 0 Å². The van der Waals surface area contributed by atoms with E-state index in [9.17, 15) is 8.42 Å². The molecule has 5 heteroatoms. The number of methoxy groups -OCH3 is 1. The van der Waals surface area contributed by atoms with Gasteiger partial charge in [0.05, 0.1) is 18.6 Å². The fraction of sp³-hybridized carbons (Fsp3) is 0.412. The molecule has 0 aliphatic carbocycles. The number of benzene rings is 2. The Hall–Kier alpha value is -1.59. The van der Waals surface area contributed by atoms with Gasteiger partial charge in [0.2, 0.25) is 0 Å². The lowest BCUT2D eigenvalue weighted by Crippen LogP contribution is -2.23. The van der Waals surface area contributed by atoms with Crippen molar-refractivity contribution in [2.24, 2.45) is 5.92 Å². The molecule has 1 unspecified atom stereocenters. The molecular weight excluding hydrogens is 298 g/mol.